The molecule has 0 nitrogen and oxygen atoms in total. The van der Waals surface area contributed by atoms with E-state index in [1.165, 1.54) is 15.0 Å². The highest BCUT2D eigenvalue weighted by Crippen LogP contribution is 2.36. The average Bonchev–Trinajstić information content (AvgIpc) is 2.37. The summed E-state index contributed by atoms with van der Waals surface area (Å²) in [6.07, 6.45) is 5.64. The van der Waals surface area contributed by atoms with Gasteiger partial charge in [0, 0.05) is 0 Å². The van der Waals surface area contributed by atoms with Crippen molar-refractivity contribution in [1.82, 2.24) is 0 Å². The molecule has 1 aliphatic heterocycles. The first-order valence-electron chi connectivity index (χ1n) is 3.42. The molecule has 0 bridgehead atoms. The molecule has 0 aromatic carbocycles. The lowest BCUT2D eigenvalue weighted by Gasteiger charge is -2.06. The van der Waals surface area contributed by atoms with Crippen molar-refractivity contribution in [2.75, 3.05) is 0 Å². The maximum absolute atomic E-state index is 2.28. The molecule has 0 aromatic heterocycles. The van der Waals surface area contributed by atoms with Crippen molar-refractivity contribution in [3.8, 4) is 0 Å². The zero-order valence-electron chi connectivity index (χ0n) is 5.96. The fourth-order valence-electron chi connectivity index (χ4n) is 0.814. The summed E-state index contributed by atoms with van der Waals surface area (Å²) in [6, 6.07) is 0. The van der Waals surface area contributed by atoms with E-state index < -0.39 is 0 Å². The Balaban J connectivity index is 2.45. The quantitative estimate of drug-likeness (QED) is 0.514. The molecule has 1 radical (unpaired) electrons. The fraction of sp³-hybridized carbons (Fsp3) is 0.500. The third kappa shape index (κ3) is 1.66. The van der Waals surface area contributed by atoms with Crippen molar-refractivity contribution in [1.29, 1.82) is 0 Å². The van der Waals surface area contributed by atoms with Gasteiger partial charge in [-0.1, -0.05) is 31.8 Å². The standard InChI is InChI=1S/C8H12P/c1-3-7(2)8-5-4-6-9-8/h4-7H,3H2,1-2H3. The van der Waals surface area contributed by atoms with Crippen LogP contribution in [0.5, 0.6) is 0 Å². The minimum absolute atomic E-state index is 0.779. The second-order valence-corrected chi connectivity index (χ2v) is 3.44. The average molecular weight is 139 g/mol. The van der Waals surface area contributed by atoms with Crippen LogP contribution in [-0.2, 0) is 0 Å². The van der Waals surface area contributed by atoms with E-state index in [1.54, 1.807) is 5.31 Å². The van der Waals surface area contributed by atoms with Gasteiger partial charge in [-0.15, -0.1) is 0 Å². The monoisotopic (exact) mass is 139 g/mol. The van der Waals surface area contributed by atoms with Crippen LogP contribution in [0, 0.1) is 5.92 Å². The molecule has 1 rings (SSSR count). The highest BCUT2D eigenvalue weighted by atomic mass is 31.1. The van der Waals surface area contributed by atoms with Crippen molar-refractivity contribution in [3.63, 3.8) is 0 Å². The van der Waals surface area contributed by atoms with Gasteiger partial charge in [0.15, 0.2) is 0 Å². The van der Waals surface area contributed by atoms with Gasteiger partial charge in [0.2, 0.25) is 0 Å². The van der Waals surface area contributed by atoms with E-state index in [-0.39, 0.29) is 0 Å². The Morgan fingerprint density at radius 1 is 1.67 bits per heavy atom. The first kappa shape index (κ1) is 7.02. The molecule has 1 heterocycles. The molecule has 1 unspecified atom stereocenters. The van der Waals surface area contributed by atoms with E-state index in [0.29, 0.717) is 0 Å². The highest BCUT2D eigenvalue weighted by Gasteiger charge is 2.06. The summed E-state index contributed by atoms with van der Waals surface area (Å²) < 4.78 is 0. The van der Waals surface area contributed by atoms with Gasteiger partial charge in [0.25, 0.3) is 0 Å². The lowest BCUT2D eigenvalue weighted by molar-refractivity contribution is 0.687. The van der Waals surface area contributed by atoms with Gasteiger partial charge in [-0.05, 0) is 26.2 Å². The lowest BCUT2D eigenvalue weighted by atomic mass is 10.1. The first-order valence-corrected chi connectivity index (χ1v) is 4.38. The Labute approximate surface area is 58.8 Å². The molecular formula is C8H12P. The van der Waals surface area contributed by atoms with Gasteiger partial charge in [-0.2, -0.15) is 0 Å². The van der Waals surface area contributed by atoms with Gasteiger partial charge < -0.3 is 0 Å². The van der Waals surface area contributed by atoms with E-state index in [2.05, 4.69) is 31.8 Å². The van der Waals surface area contributed by atoms with E-state index in [1.807, 2.05) is 0 Å². The maximum atomic E-state index is 2.28. The third-order valence-corrected chi connectivity index (χ3v) is 2.90. The summed E-state index contributed by atoms with van der Waals surface area (Å²) in [7, 11) is 1.41. The molecule has 0 aromatic rings. The lowest BCUT2D eigenvalue weighted by Crippen LogP contribution is -1.89. The van der Waals surface area contributed by atoms with Crippen molar-refractivity contribution >= 4 is 8.58 Å². The summed E-state index contributed by atoms with van der Waals surface area (Å²) in [5, 5.41) is 1.57. The molecule has 49 valence electrons. The minimum atomic E-state index is 0.779. The Bertz CT molecular complexity index is 145. The Hall–Kier alpha value is -0.0900. The minimum Gasteiger partial charge on any atom is -0.0648 e. The number of hydrogen-bond acceptors (Lipinski definition) is 0. The molecule has 0 saturated heterocycles. The normalized spacial score (nSPS) is 22.7. The van der Waals surface area contributed by atoms with Crippen molar-refractivity contribution in [2.24, 2.45) is 5.92 Å². The second-order valence-electron chi connectivity index (χ2n) is 2.37. The van der Waals surface area contributed by atoms with Crippen molar-refractivity contribution in [2.45, 2.75) is 20.3 Å². The smallest absolute Gasteiger partial charge is 0.0182 e. The summed E-state index contributed by atoms with van der Waals surface area (Å²) >= 11 is 0. The van der Waals surface area contributed by atoms with E-state index in [9.17, 15) is 0 Å². The van der Waals surface area contributed by atoms with Crippen molar-refractivity contribution in [3.05, 3.63) is 23.3 Å². The predicted octanol–water partition coefficient (Wildman–Crippen LogP) is 3.39. The zero-order valence-corrected chi connectivity index (χ0v) is 6.86. The van der Waals surface area contributed by atoms with Crippen LogP contribution >= 0.6 is 8.58 Å². The molecule has 9 heavy (non-hydrogen) atoms. The molecule has 0 spiro atoms. The van der Waals surface area contributed by atoms with Gasteiger partial charge in [0.05, 0.1) is 0 Å². The van der Waals surface area contributed by atoms with Crippen LogP contribution in [0.1, 0.15) is 20.3 Å². The largest absolute Gasteiger partial charge is 0.0648 e. The molecule has 0 N–H and O–H groups in total. The van der Waals surface area contributed by atoms with Crippen LogP contribution in [0.4, 0.5) is 0 Å². The molecular weight excluding hydrogens is 127 g/mol. The molecule has 1 aliphatic rings. The Morgan fingerprint density at radius 2 is 2.44 bits per heavy atom. The van der Waals surface area contributed by atoms with Crippen molar-refractivity contribution < 1.29 is 0 Å². The van der Waals surface area contributed by atoms with Gasteiger partial charge in [0.1, 0.15) is 0 Å². The number of allylic oxidation sites excluding steroid dienone is 3. The summed E-state index contributed by atoms with van der Waals surface area (Å²) in [5.74, 6) is 2.98. The zero-order chi connectivity index (χ0) is 6.69. The van der Waals surface area contributed by atoms with Crippen LogP contribution in [0.2, 0.25) is 0 Å². The Kier molecular flexibility index (Phi) is 2.48. The highest BCUT2D eigenvalue weighted by molar-refractivity contribution is 7.47. The van der Waals surface area contributed by atoms with Crippen LogP contribution in [0.25, 0.3) is 0 Å². The van der Waals surface area contributed by atoms with Crippen LogP contribution in [0.15, 0.2) is 23.3 Å². The molecule has 1 heteroatoms. The fourth-order valence-corrected chi connectivity index (χ4v) is 1.77. The summed E-state index contributed by atoms with van der Waals surface area (Å²) in [4.78, 5) is 0. The van der Waals surface area contributed by atoms with E-state index in [4.69, 9.17) is 0 Å². The van der Waals surface area contributed by atoms with Crippen LogP contribution in [0.3, 0.4) is 0 Å². The predicted molar refractivity (Wildman–Crippen MR) is 43.6 cm³/mol. The molecule has 0 fully saturated rings. The summed E-state index contributed by atoms with van der Waals surface area (Å²) in [5.41, 5.74) is 0. The van der Waals surface area contributed by atoms with Crippen LogP contribution < -0.4 is 0 Å². The van der Waals surface area contributed by atoms with E-state index >= 15 is 0 Å². The van der Waals surface area contributed by atoms with Gasteiger partial charge in [-0.25, -0.2) is 0 Å². The SMILES string of the molecule is CCC(C)C1=CC=C[P]1. The first-order chi connectivity index (χ1) is 4.34. The number of rotatable bonds is 2. The van der Waals surface area contributed by atoms with Crippen LogP contribution in [-0.4, -0.2) is 0 Å². The molecule has 0 aliphatic carbocycles. The molecule has 0 saturated carbocycles. The summed E-state index contributed by atoms with van der Waals surface area (Å²) in [6.45, 7) is 4.52. The third-order valence-electron chi connectivity index (χ3n) is 1.69. The van der Waals surface area contributed by atoms with E-state index in [0.717, 1.165) is 5.92 Å². The molecule has 1 atom stereocenters. The maximum Gasteiger partial charge on any atom is -0.0182 e. The molecule has 0 amide bonds. The number of hydrogen-bond donors (Lipinski definition) is 0. The van der Waals surface area contributed by atoms with Gasteiger partial charge >= 0.3 is 0 Å². The topological polar surface area (TPSA) is 0 Å². The second kappa shape index (κ2) is 3.17. The van der Waals surface area contributed by atoms with Gasteiger partial charge in [-0.3, -0.25) is 0 Å². The Morgan fingerprint density at radius 3 is 2.89 bits per heavy atom.